The first-order chi connectivity index (χ1) is 19.2. The molecule has 10 nitrogen and oxygen atoms in total. The summed E-state index contributed by atoms with van der Waals surface area (Å²) < 4.78 is 17.4. The number of nitrogens with zero attached hydrogens (tertiary/aromatic N) is 1. The number of aliphatic hydroxyl groups is 1. The van der Waals surface area contributed by atoms with Gasteiger partial charge in [0.2, 0.25) is 17.7 Å². The van der Waals surface area contributed by atoms with Gasteiger partial charge >= 0.3 is 0 Å². The normalized spacial score (nSPS) is 30.2. The van der Waals surface area contributed by atoms with Gasteiger partial charge < -0.3 is 34.9 Å². The number of hydrogen-bond acceptors (Lipinski definition) is 7. The van der Waals surface area contributed by atoms with Gasteiger partial charge in [-0.05, 0) is 81.1 Å². The number of methoxy groups -OCH3 is 1. The monoisotopic (exact) mass is 551 g/mol. The molecule has 3 N–H and O–H groups in total. The molecule has 3 fully saturated rings. The van der Waals surface area contributed by atoms with E-state index in [9.17, 15) is 19.5 Å². The van der Waals surface area contributed by atoms with Crippen molar-refractivity contribution in [2.75, 3.05) is 37.5 Å². The van der Waals surface area contributed by atoms with Gasteiger partial charge in [0.25, 0.3) is 0 Å². The van der Waals surface area contributed by atoms with Gasteiger partial charge in [-0.1, -0.05) is 6.92 Å². The Morgan fingerprint density at radius 3 is 2.23 bits per heavy atom. The van der Waals surface area contributed by atoms with Crippen molar-refractivity contribution in [3.63, 3.8) is 0 Å². The molecule has 2 bridgehead atoms. The average molecular weight is 552 g/mol. The van der Waals surface area contributed by atoms with Gasteiger partial charge in [-0.3, -0.25) is 14.4 Å². The third-order valence-electron chi connectivity index (χ3n) is 8.69. The quantitative estimate of drug-likeness (QED) is 0.414. The summed E-state index contributed by atoms with van der Waals surface area (Å²) in [6.07, 6.45) is 0.764. The van der Waals surface area contributed by atoms with Crippen molar-refractivity contribution in [2.45, 2.75) is 50.9 Å². The van der Waals surface area contributed by atoms with E-state index in [0.717, 1.165) is 0 Å². The zero-order chi connectivity index (χ0) is 28.7. The Balaban J connectivity index is 1.46. The summed E-state index contributed by atoms with van der Waals surface area (Å²) in [6.45, 7) is 6.35. The molecule has 10 heteroatoms. The smallest absolute Gasteiger partial charge is 0.250 e. The van der Waals surface area contributed by atoms with Crippen LogP contribution < -0.4 is 20.1 Å². The van der Waals surface area contributed by atoms with Crippen molar-refractivity contribution in [1.29, 1.82) is 0 Å². The van der Waals surface area contributed by atoms with E-state index in [-0.39, 0.29) is 36.8 Å². The number of aliphatic hydroxyl groups excluding tert-OH is 1. The van der Waals surface area contributed by atoms with E-state index in [1.807, 2.05) is 20.8 Å². The molecule has 0 saturated carbocycles. The van der Waals surface area contributed by atoms with Crippen LogP contribution in [0.3, 0.4) is 0 Å². The van der Waals surface area contributed by atoms with Gasteiger partial charge in [0.1, 0.15) is 23.1 Å². The molecule has 3 aliphatic rings. The lowest BCUT2D eigenvalue weighted by molar-refractivity contribution is -0.144. The standard InChI is InChI=1S/C30H37N3O7/c1-5-39-22-13-9-19(10-14-22)31-26(35)23-24-28(37)33(15-6-16-34)25(30(24)17-18(2)29(23,3)40-30)27(36)32-20-7-11-21(38-4)12-8-20/h7-14,18,23-25,34H,5-6,15-17H2,1-4H3,(H,31,35)(H,32,36)/t18?,23-,24+,25?,29+,30?/m1/s1. The molecule has 2 aromatic carbocycles. The molecule has 5 rings (SSSR count). The van der Waals surface area contributed by atoms with Crippen molar-refractivity contribution in [1.82, 2.24) is 4.90 Å². The second-order valence-electron chi connectivity index (χ2n) is 11.0. The Hall–Kier alpha value is -3.63. The second-order valence-corrected chi connectivity index (χ2v) is 11.0. The number of ether oxygens (including phenoxy) is 3. The van der Waals surface area contributed by atoms with Gasteiger partial charge in [-0.15, -0.1) is 0 Å². The largest absolute Gasteiger partial charge is 0.497 e. The minimum absolute atomic E-state index is 0.0818. The Labute approximate surface area is 234 Å². The number of carbonyl (C=O) groups is 3. The maximum atomic E-state index is 14.0. The number of rotatable bonds is 10. The van der Waals surface area contributed by atoms with Gasteiger partial charge in [-0.25, -0.2) is 0 Å². The van der Waals surface area contributed by atoms with Crippen LogP contribution in [0, 0.1) is 17.8 Å². The van der Waals surface area contributed by atoms with Crippen molar-refractivity contribution >= 4 is 29.1 Å². The van der Waals surface area contributed by atoms with E-state index in [0.29, 0.717) is 42.3 Å². The number of carbonyl (C=O) groups excluding carboxylic acids is 3. The molecule has 40 heavy (non-hydrogen) atoms. The number of nitrogens with one attached hydrogen (secondary N) is 2. The van der Waals surface area contributed by atoms with Crippen LogP contribution in [0.15, 0.2) is 48.5 Å². The second kappa shape index (κ2) is 10.7. The molecule has 6 atom stereocenters. The fourth-order valence-corrected chi connectivity index (χ4v) is 6.83. The van der Waals surface area contributed by atoms with Gasteiger partial charge in [-0.2, -0.15) is 0 Å². The molecule has 0 radical (unpaired) electrons. The van der Waals surface area contributed by atoms with E-state index < -0.39 is 29.1 Å². The lowest BCUT2D eigenvalue weighted by atomic mass is 9.62. The first kappa shape index (κ1) is 27.9. The third-order valence-corrected chi connectivity index (χ3v) is 8.69. The SMILES string of the molecule is CCOc1ccc(NC(=O)[C@H]2[C@H]3C(=O)N(CCCO)C(C(=O)Nc4ccc(OC)cc4)C34CC(C)[C@]2(C)O4)cc1. The van der Waals surface area contributed by atoms with Crippen molar-refractivity contribution in [3.8, 4) is 11.5 Å². The number of fused-ring (bicyclic) bond motifs is 1. The topological polar surface area (TPSA) is 126 Å². The fourth-order valence-electron chi connectivity index (χ4n) is 6.83. The highest BCUT2D eigenvalue weighted by molar-refractivity contribution is 6.05. The van der Waals surface area contributed by atoms with Gasteiger partial charge in [0.15, 0.2) is 0 Å². The summed E-state index contributed by atoms with van der Waals surface area (Å²) in [7, 11) is 1.56. The fraction of sp³-hybridized carbons (Fsp3) is 0.500. The molecular formula is C30H37N3O7. The molecule has 2 aromatic rings. The summed E-state index contributed by atoms with van der Waals surface area (Å²) in [5, 5.41) is 15.4. The number of anilines is 2. The molecule has 3 unspecified atom stereocenters. The lowest BCUT2D eigenvalue weighted by Crippen LogP contribution is -2.54. The van der Waals surface area contributed by atoms with E-state index in [1.54, 1.807) is 55.6 Å². The molecule has 1 spiro atoms. The highest BCUT2D eigenvalue weighted by Crippen LogP contribution is 2.65. The molecule has 3 saturated heterocycles. The molecule has 0 aromatic heterocycles. The molecule has 3 amide bonds. The minimum atomic E-state index is -1.17. The van der Waals surface area contributed by atoms with Crippen LogP contribution >= 0.6 is 0 Å². The van der Waals surface area contributed by atoms with Crippen LogP contribution in [0.2, 0.25) is 0 Å². The zero-order valence-corrected chi connectivity index (χ0v) is 23.3. The maximum Gasteiger partial charge on any atom is 0.250 e. The average Bonchev–Trinajstić information content (AvgIpc) is 3.45. The van der Waals surface area contributed by atoms with Crippen LogP contribution in [0.4, 0.5) is 11.4 Å². The number of likely N-dealkylation sites (tertiary alicyclic amines) is 1. The first-order valence-corrected chi connectivity index (χ1v) is 13.8. The van der Waals surface area contributed by atoms with E-state index in [4.69, 9.17) is 14.2 Å². The number of amides is 3. The zero-order valence-electron chi connectivity index (χ0n) is 23.3. The summed E-state index contributed by atoms with van der Waals surface area (Å²) >= 11 is 0. The lowest BCUT2D eigenvalue weighted by Gasteiger charge is -2.36. The minimum Gasteiger partial charge on any atom is -0.497 e. The Bertz CT molecular complexity index is 1270. The highest BCUT2D eigenvalue weighted by atomic mass is 16.5. The number of benzene rings is 2. The van der Waals surface area contributed by atoms with Crippen LogP contribution in [0.25, 0.3) is 0 Å². The van der Waals surface area contributed by atoms with Crippen LogP contribution in [-0.4, -0.2) is 71.8 Å². The molecular weight excluding hydrogens is 514 g/mol. The molecule has 3 aliphatic heterocycles. The maximum absolute atomic E-state index is 14.0. The van der Waals surface area contributed by atoms with Crippen molar-refractivity contribution in [3.05, 3.63) is 48.5 Å². The summed E-state index contributed by atoms with van der Waals surface area (Å²) in [4.78, 5) is 43.3. The van der Waals surface area contributed by atoms with E-state index >= 15 is 0 Å². The van der Waals surface area contributed by atoms with Crippen molar-refractivity contribution in [2.24, 2.45) is 17.8 Å². The molecule has 214 valence electrons. The third kappa shape index (κ3) is 4.49. The number of hydrogen-bond donors (Lipinski definition) is 3. The molecule has 0 aliphatic carbocycles. The predicted molar refractivity (Wildman–Crippen MR) is 148 cm³/mol. The van der Waals surface area contributed by atoms with Gasteiger partial charge in [0, 0.05) is 24.5 Å². The molecule has 3 heterocycles. The highest BCUT2D eigenvalue weighted by Gasteiger charge is 2.79. The predicted octanol–water partition coefficient (Wildman–Crippen LogP) is 3.06. The van der Waals surface area contributed by atoms with Crippen LogP contribution in [0.1, 0.15) is 33.6 Å². The van der Waals surface area contributed by atoms with E-state index in [1.165, 1.54) is 4.90 Å². The van der Waals surface area contributed by atoms with Crippen molar-refractivity contribution < 1.29 is 33.7 Å². The Morgan fingerprint density at radius 2 is 1.65 bits per heavy atom. The Morgan fingerprint density at radius 1 is 1.05 bits per heavy atom. The summed E-state index contributed by atoms with van der Waals surface area (Å²) in [5.41, 5.74) is -0.968. The first-order valence-electron chi connectivity index (χ1n) is 13.8. The van der Waals surface area contributed by atoms with E-state index in [2.05, 4.69) is 10.6 Å². The summed E-state index contributed by atoms with van der Waals surface area (Å²) in [5.74, 6) is -1.38. The Kier molecular flexibility index (Phi) is 7.50. The van der Waals surface area contributed by atoms with Crippen LogP contribution in [-0.2, 0) is 19.1 Å². The summed E-state index contributed by atoms with van der Waals surface area (Å²) in [6, 6.07) is 13.0. The van der Waals surface area contributed by atoms with Crippen LogP contribution in [0.5, 0.6) is 11.5 Å². The van der Waals surface area contributed by atoms with Gasteiger partial charge in [0.05, 0.1) is 31.2 Å².